The summed E-state index contributed by atoms with van der Waals surface area (Å²) in [6, 6.07) is 0. The molecule has 0 unspecified atom stereocenters. The van der Waals surface area contributed by atoms with Gasteiger partial charge >= 0.3 is 0 Å². The van der Waals surface area contributed by atoms with Crippen molar-refractivity contribution in [2.75, 3.05) is 0 Å². The van der Waals surface area contributed by atoms with E-state index in [0.717, 1.165) is 0 Å². The molecule has 0 aromatic rings. The number of hydrogen-bond acceptors (Lipinski definition) is 0. The van der Waals surface area contributed by atoms with Crippen molar-refractivity contribution in [2.24, 2.45) is 0 Å². The van der Waals surface area contributed by atoms with Crippen LogP contribution in [0.3, 0.4) is 0 Å². The van der Waals surface area contributed by atoms with Crippen molar-refractivity contribution >= 4 is 0 Å². The molecule has 0 aliphatic rings. The maximum atomic E-state index is 3.00. The van der Waals surface area contributed by atoms with Gasteiger partial charge in [0.2, 0.25) is 0 Å². The van der Waals surface area contributed by atoms with Gasteiger partial charge < -0.3 is 0 Å². The van der Waals surface area contributed by atoms with Crippen LogP contribution in [0.2, 0.25) is 0 Å². The Morgan fingerprint density at radius 1 is 0.875 bits per heavy atom. The second-order valence-corrected chi connectivity index (χ2v) is 1.05. The molecule has 0 radical (unpaired) electrons. The Morgan fingerprint density at radius 2 is 1.12 bits per heavy atom. The van der Waals surface area contributed by atoms with Crippen LogP contribution in [0.1, 0.15) is 13.8 Å². The third kappa shape index (κ3) is 18.9. The molecule has 8 heavy (non-hydrogen) atoms. The van der Waals surface area contributed by atoms with E-state index < -0.39 is 0 Å². The fourth-order valence-corrected chi connectivity index (χ4v) is 0.222. The monoisotopic (exact) mass is 110 g/mol. The lowest BCUT2D eigenvalue weighted by molar-refractivity contribution is 1.69. The van der Waals surface area contributed by atoms with Gasteiger partial charge in [-0.05, 0) is 13.8 Å². The molecule has 0 heteroatoms. The fourth-order valence-electron chi connectivity index (χ4n) is 0.222. The molecule has 0 saturated carbocycles. The average Bonchev–Trinajstić information content (AvgIpc) is 1.88. The maximum absolute atomic E-state index is 3.00. The van der Waals surface area contributed by atoms with E-state index in [1.54, 1.807) is 0 Å². The minimum atomic E-state index is 2.00. The molecule has 0 aromatic carbocycles. The molecule has 0 aromatic heterocycles. The second-order valence-electron chi connectivity index (χ2n) is 1.05. The number of hydrogen-bond donors (Lipinski definition) is 0. The minimum absolute atomic E-state index is 2.00. The highest BCUT2D eigenvalue weighted by Gasteiger charge is 1.48. The fraction of sp³-hybridized carbons (Fsp3) is 0.250. The molecule has 0 aliphatic heterocycles. The first kappa shape index (κ1) is 10.3. The summed E-state index contributed by atoms with van der Waals surface area (Å²) < 4.78 is 0. The Hall–Kier alpha value is -0.780. The summed E-state index contributed by atoms with van der Waals surface area (Å²) in [6.45, 7) is 10.0. The Balaban J connectivity index is 0. The maximum Gasteiger partial charge on any atom is -0.0467 e. The highest BCUT2D eigenvalue weighted by atomic mass is 13.6. The Morgan fingerprint density at radius 3 is 1.25 bits per heavy atom. The van der Waals surface area contributed by atoms with Crippen molar-refractivity contribution in [3.05, 3.63) is 37.5 Å². The molecule has 0 fully saturated rings. The van der Waals surface area contributed by atoms with E-state index in [1.807, 2.05) is 38.2 Å². The van der Waals surface area contributed by atoms with Gasteiger partial charge in [-0.3, -0.25) is 0 Å². The number of allylic oxidation sites excluding steroid dienone is 4. The van der Waals surface area contributed by atoms with Gasteiger partial charge in [-0.15, -0.1) is 13.2 Å². The van der Waals surface area contributed by atoms with Gasteiger partial charge in [0, 0.05) is 0 Å². The lowest BCUT2D eigenvalue weighted by atomic mass is 10.5. The van der Waals surface area contributed by atoms with Crippen LogP contribution in [0.4, 0.5) is 0 Å². The summed E-state index contributed by atoms with van der Waals surface area (Å²) in [4.78, 5) is 0. The molecule has 0 atom stereocenters. The van der Waals surface area contributed by atoms with Crippen molar-refractivity contribution in [1.29, 1.82) is 0 Å². The average molecular weight is 110 g/mol. The van der Waals surface area contributed by atoms with Crippen LogP contribution in [-0.4, -0.2) is 0 Å². The third-order valence-electron chi connectivity index (χ3n) is 0.496. The predicted molar refractivity (Wildman–Crippen MR) is 40.9 cm³/mol. The van der Waals surface area contributed by atoms with Crippen molar-refractivity contribution < 1.29 is 0 Å². The molecule has 0 N–H and O–H groups in total. The summed E-state index contributed by atoms with van der Waals surface area (Å²) in [6.07, 6.45) is 8.00. The number of rotatable bonds is 1. The predicted octanol–water partition coefficient (Wildman–Crippen LogP) is 2.94. The van der Waals surface area contributed by atoms with Crippen molar-refractivity contribution in [1.82, 2.24) is 0 Å². The third-order valence-corrected chi connectivity index (χ3v) is 0.496. The van der Waals surface area contributed by atoms with Gasteiger partial charge in [0.05, 0.1) is 0 Å². The molecule has 0 heterocycles. The van der Waals surface area contributed by atoms with Gasteiger partial charge in [-0.2, -0.15) is 0 Å². The molecule has 46 valence electrons. The van der Waals surface area contributed by atoms with Crippen LogP contribution in [0.15, 0.2) is 37.5 Å². The van der Waals surface area contributed by atoms with Crippen LogP contribution in [0, 0.1) is 0 Å². The zero-order chi connectivity index (χ0) is 6.83. The SMILES string of the molecule is C/C=C\C=C/C.C=C. The Bertz CT molecular complexity index is 58.1. The first-order chi connectivity index (χ1) is 3.91. The Labute approximate surface area is 52.2 Å². The first-order valence-electron chi connectivity index (χ1n) is 2.65. The van der Waals surface area contributed by atoms with Gasteiger partial charge in [-0.25, -0.2) is 0 Å². The largest absolute Gasteiger partial charge is 0.106 e. The summed E-state index contributed by atoms with van der Waals surface area (Å²) in [7, 11) is 0. The highest BCUT2D eigenvalue weighted by molar-refractivity contribution is 4.98. The second kappa shape index (κ2) is 16.3. The molecular weight excluding hydrogens is 96.1 g/mol. The molecule has 0 spiro atoms. The van der Waals surface area contributed by atoms with E-state index in [9.17, 15) is 0 Å². The molecule has 0 bridgehead atoms. The van der Waals surface area contributed by atoms with Crippen molar-refractivity contribution in [2.45, 2.75) is 13.8 Å². The standard InChI is InChI=1S/C6H10.C2H4/c1-3-5-6-4-2;1-2/h3-6H,1-2H3;1-2H2/b5-3-,6-4-;. The van der Waals surface area contributed by atoms with Gasteiger partial charge in [-0.1, -0.05) is 24.3 Å². The van der Waals surface area contributed by atoms with E-state index in [2.05, 4.69) is 13.2 Å². The summed E-state index contributed by atoms with van der Waals surface area (Å²) in [5.41, 5.74) is 0. The van der Waals surface area contributed by atoms with Gasteiger partial charge in [0.25, 0.3) is 0 Å². The van der Waals surface area contributed by atoms with Crippen molar-refractivity contribution in [3.63, 3.8) is 0 Å². The van der Waals surface area contributed by atoms with E-state index in [0.29, 0.717) is 0 Å². The van der Waals surface area contributed by atoms with E-state index in [4.69, 9.17) is 0 Å². The van der Waals surface area contributed by atoms with Crippen LogP contribution >= 0.6 is 0 Å². The summed E-state index contributed by atoms with van der Waals surface area (Å²) >= 11 is 0. The Kier molecular flexibility index (Phi) is 20.9. The molecule has 0 aliphatic carbocycles. The van der Waals surface area contributed by atoms with Gasteiger partial charge in [0.1, 0.15) is 0 Å². The summed E-state index contributed by atoms with van der Waals surface area (Å²) in [5, 5.41) is 0. The zero-order valence-electron chi connectivity index (χ0n) is 5.72. The van der Waals surface area contributed by atoms with E-state index in [1.165, 1.54) is 0 Å². The smallest absolute Gasteiger partial charge is 0.0467 e. The van der Waals surface area contributed by atoms with Crippen LogP contribution in [0.25, 0.3) is 0 Å². The topological polar surface area (TPSA) is 0 Å². The molecule has 0 nitrogen and oxygen atoms in total. The van der Waals surface area contributed by atoms with Crippen LogP contribution in [-0.2, 0) is 0 Å². The van der Waals surface area contributed by atoms with Crippen LogP contribution < -0.4 is 0 Å². The van der Waals surface area contributed by atoms with Gasteiger partial charge in [0.15, 0.2) is 0 Å². The molecule has 0 amide bonds. The molecule has 0 saturated heterocycles. The first-order valence-corrected chi connectivity index (χ1v) is 2.65. The van der Waals surface area contributed by atoms with Crippen LogP contribution in [0.5, 0.6) is 0 Å². The lowest BCUT2D eigenvalue weighted by Crippen LogP contribution is -1.40. The zero-order valence-corrected chi connectivity index (χ0v) is 5.72. The molecular formula is C8H14. The minimum Gasteiger partial charge on any atom is -0.106 e. The van der Waals surface area contributed by atoms with E-state index in [-0.39, 0.29) is 0 Å². The summed E-state index contributed by atoms with van der Waals surface area (Å²) in [5.74, 6) is 0. The van der Waals surface area contributed by atoms with E-state index >= 15 is 0 Å². The normalized spacial score (nSPS) is 9.25. The van der Waals surface area contributed by atoms with Crippen molar-refractivity contribution in [3.8, 4) is 0 Å². The quantitative estimate of drug-likeness (QED) is 0.359. The highest BCUT2D eigenvalue weighted by Crippen LogP contribution is 1.71. The molecule has 0 rings (SSSR count). The lowest BCUT2D eigenvalue weighted by Gasteiger charge is -1.62.